The molecule has 1 aliphatic rings. The molecule has 1 heterocycles. The molecule has 1 N–H and O–H groups in total. The number of rotatable bonds is 3. The Kier molecular flexibility index (Phi) is 3.31. The van der Waals surface area contributed by atoms with Crippen molar-refractivity contribution < 1.29 is 9.90 Å². The Morgan fingerprint density at radius 2 is 2.40 bits per heavy atom. The fourth-order valence-electron chi connectivity index (χ4n) is 1.81. The van der Waals surface area contributed by atoms with Crippen LogP contribution in [0.25, 0.3) is 0 Å². The Balaban J connectivity index is 1.99. The molecule has 0 aliphatic carbocycles. The van der Waals surface area contributed by atoms with Gasteiger partial charge in [0, 0.05) is 6.42 Å². The van der Waals surface area contributed by atoms with Gasteiger partial charge >= 0.3 is 0 Å². The van der Waals surface area contributed by atoms with Gasteiger partial charge in [-0.2, -0.15) is 11.8 Å². The quantitative estimate of drug-likeness (QED) is 0.853. The van der Waals surface area contributed by atoms with Gasteiger partial charge in [-0.3, -0.25) is 4.79 Å². The molecule has 1 aliphatic heterocycles. The lowest BCUT2D eigenvalue weighted by Gasteiger charge is -2.07. The van der Waals surface area contributed by atoms with Gasteiger partial charge < -0.3 is 5.11 Å². The zero-order valence-corrected chi connectivity index (χ0v) is 9.30. The van der Waals surface area contributed by atoms with Gasteiger partial charge in [-0.05, 0) is 36.3 Å². The third-order valence-corrected chi connectivity index (χ3v) is 4.00. The second-order valence-electron chi connectivity index (χ2n) is 3.81. The maximum absolute atomic E-state index is 11.8. The molecule has 1 aromatic rings. The van der Waals surface area contributed by atoms with Gasteiger partial charge in [0.25, 0.3) is 0 Å². The van der Waals surface area contributed by atoms with Crippen molar-refractivity contribution in [3.05, 3.63) is 29.8 Å². The third-order valence-electron chi connectivity index (χ3n) is 2.58. The largest absolute Gasteiger partial charge is 0.508 e. The van der Waals surface area contributed by atoms with Gasteiger partial charge in [0.2, 0.25) is 0 Å². The number of carbonyl (C=O) groups is 1. The number of ketones is 1. The van der Waals surface area contributed by atoms with Gasteiger partial charge in [-0.25, -0.2) is 0 Å². The Hall–Kier alpha value is -0.960. The molecule has 1 atom stereocenters. The summed E-state index contributed by atoms with van der Waals surface area (Å²) in [5.41, 5.74) is 0.910. The van der Waals surface area contributed by atoms with Crippen LogP contribution in [0, 0.1) is 0 Å². The van der Waals surface area contributed by atoms with Gasteiger partial charge in [-0.1, -0.05) is 12.1 Å². The summed E-state index contributed by atoms with van der Waals surface area (Å²) in [7, 11) is 0. The zero-order valence-electron chi connectivity index (χ0n) is 8.48. The van der Waals surface area contributed by atoms with E-state index >= 15 is 0 Å². The minimum Gasteiger partial charge on any atom is -0.508 e. The van der Waals surface area contributed by atoms with Crippen molar-refractivity contribution in [1.82, 2.24) is 0 Å². The normalized spacial score (nSPS) is 20.4. The molecule has 0 saturated carbocycles. The number of benzene rings is 1. The van der Waals surface area contributed by atoms with Crippen LogP contribution < -0.4 is 0 Å². The minimum absolute atomic E-state index is 0.187. The Morgan fingerprint density at radius 3 is 3.07 bits per heavy atom. The molecular weight excluding hydrogens is 208 g/mol. The summed E-state index contributed by atoms with van der Waals surface area (Å²) in [5, 5.41) is 9.46. The first-order valence-corrected chi connectivity index (χ1v) is 6.23. The van der Waals surface area contributed by atoms with Crippen molar-refractivity contribution in [3.8, 4) is 5.75 Å². The predicted octanol–water partition coefficient (Wildman–Crippen LogP) is 2.40. The first kappa shape index (κ1) is 10.6. The van der Waals surface area contributed by atoms with E-state index in [0.717, 1.165) is 24.2 Å². The van der Waals surface area contributed by atoms with Crippen molar-refractivity contribution in [1.29, 1.82) is 0 Å². The van der Waals surface area contributed by atoms with Crippen LogP contribution in [0.4, 0.5) is 0 Å². The minimum atomic E-state index is 0.187. The van der Waals surface area contributed by atoms with Gasteiger partial charge in [0.15, 0.2) is 0 Å². The number of aromatic hydroxyl groups is 1. The highest BCUT2D eigenvalue weighted by Gasteiger charge is 2.23. The van der Waals surface area contributed by atoms with Crippen LogP contribution in [-0.2, 0) is 11.2 Å². The van der Waals surface area contributed by atoms with Crippen LogP contribution >= 0.6 is 11.8 Å². The van der Waals surface area contributed by atoms with Crippen LogP contribution in [0.5, 0.6) is 5.75 Å². The van der Waals surface area contributed by atoms with Gasteiger partial charge in [-0.15, -0.1) is 0 Å². The average molecular weight is 222 g/mol. The first-order valence-electron chi connectivity index (χ1n) is 5.18. The van der Waals surface area contributed by atoms with Crippen LogP contribution in [0.3, 0.4) is 0 Å². The third kappa shape index (κ3) is 2.75. The molecule has 2 rings (SSSR count). The molecule has 3 heteroatoms. The summed E-state index contributed by atoms with van der Waals surface area (Å²) in [6.07, 6.45) is 2.62. The van der Waals surface area contributed by atoms with E-state index < -0.39 is 0 Å². The maximum atomic E-state index is 11.8. The summed E-state index contributed by atoms with van der Waals surface area (Å²) >= 11 is 1.76. The number of hydrogen-bond acceptors (Lipinski definition) is 3. The fraction of sp³-hybridized carbons (Fsp3) is 0.417. The number of phenolic OH excluding ortho intramolecular Hbond substituents is 1. The molecule has 80 valence electrons. The lowest BCUT2D eigenvalue weighted by molar-refractivity contribution is -0.117. The van der Waals surface area contributed by atoms with Crippen molar-refractivity contribution in [3.63, 3.8) is 0 Å². The summed E-state index contributed by atoms with van der Waals surface area (Å²) in [4.78, 5) is 11.8. The highest BCUT2D eigenvalue weighted by Crippen LogP contribution is 2.27. The highest BCUT2D eigenvalue weighted by molar-refractivity contribution is 8.00. The topological polar surface area (TPSA) is 37.3 Å². The number of hydrogen-bond donors (Lipinski definition) is 1. The summed E-state index contributed by atoms with van der Waals surface area (Å²) < 4.78 is 0. The van der Waals surface area contributed by atoms with E-state index in [1.54, 1.807) is 30.0 Å². The molecule has 1 unspecified atom stereocenters. The van der Waals surface area contributed by atoms with E-state index in [0.29, 0.717) is 12.2 Å². The fourth-order valence-corrected chi connectivity index (χ4v) is 3.03. The average Bonchev–Trinajstić information content (AvgIpc) is 2.70. The number of carbonyl (C=O) groups excluding carboxylic acids is 1. The molecule has 0 amide bonds. The Bertz CT molecular complexity index is 356. The van der Waals surface area contributed by atoms with Crippen LogP contribution in [-0.4, -0.2) is 21.9 Å². The first-order chi connectivity index (χ1) is 7.25. The summed E-state index contributed by atoms with van der Waals surface area (Å²) in [6, 6.07) is 6.95. The smallest absolute Gasteiger partial charge is 0.150 e. The molecule has 1 saturated heterocycles. The van der Waals surface area contributed by atoms with Gasteiger partial charge in [0.1, 0.15) is 11.5 Å². The van der Waals surface area contributed by atoms with E-state index in [-0.39, 0.29) is 11.0 Å². The SMILES string of the molecule is O=C(Cc1cccc(O)c1)C1CCCS1. The van der Waals surface area contributed by atoms with Crippen molar-refractivity contribution >= 4 is 17.5 Å². The number of phenols is 1. The van der Waals surface area contributed by atoms with Gasteiger partial charge in [0.05, 0.1) is 5.25 Å². The lowest BCUT2D eigenvalue weighted by atomic mass is 10.0. The molecule has 0 bridgehead atoms. The van der Waals surface area contributed by atoms with Crippen LogP contribution in [0.1, 0.15) is 18.4 Å². The van der Waals surface area contributed by atoms with Crippen molar-refractivity contribution in [2.45, 2.75) is 24.5 Å². The Morgan fingerprint density at radius 1 is 1.53 bits per heavy atom. The molecule has 15 heavy (non-hydrogen) atoms. The summed E-state index contributed by atoms with van der Waals surface area (Å²) in [5.74, 6) is 1.64. The van der Waals surface area contributed by atoms with Crippen molar-refractivity contribution in [2.75, 3.05) is 5.75 Å². The second-order valence-corrected chi connectivity index (χ2v) is 5.13. The molecule has 1 aromatic carbocycles. The van der Waals surface area contributed by atoms with Crippen LogP contribution in [0.15, 0.2) is 24.3 Å². The molecule has 1 fully saturated rings. The second kappa shape index (κ2) is 4.71. The van der Waals surface area contributed by atoms with E-state index in [9.17, 15) is 9.90 Å². The Labute approximate surface area is 93.7 Å². The van der Waals surface area contributed by atoms with Crippen LogP contribution in [0.2, 0.25) is 0 Å². The maximum Gasteiger partial charge on any atom is 0.150 e. The predicted molar refractivity (Wildman–Crippen MR) is 62.3 cm³/mol. The number of thioether (sulfide) groups is 1. The highest BCUT2D eigenvalue weighted by atomic mass is 32.2. The summed E-state index contributed by atoms with van der Waals surface area (Å²) in [6.45, 7) is 0. The lowest BCUT2D eigenvalue weighted by Crippen LogP contribution is -2.16. The van der Waals surface area contributed by atoms with E-state index in [1.807, 2.05) is 6.07 Å². The van der Waals surface area contributed by atoms with Crippen molar-refractivity contribution in [2.24, 2.45) is 0 Å². The molecule has 0 aromatic heterocycles. The molecular formula is C12H14O2S. The number of Topliss-reactive ketones (excluding diaryl/α,β-unsaturated/α-hetero) is 1. The van der Waals surface area contributed by atoms with E-state index in [2.05, 4.69) is 0 Å². The van der Waals surface area contributed by atoms with E-state index in [1.165, 1.54) is 0 Å². The molecule has 0 radical (unpaired) electrons. The molecule has 0 spiro atoms. The standard InChI is InChI=1S/C12H14O2S/c13-10-4-1-3-9(7-10)8-11(14)12-5-2-6-15-12/h1,3-4,7,12-13H,2,5-6,8H2. The monoisotopic (exact) mass is 222 g/mol. The van der Waals surface area contributed by atoms with E-state index in [4.69, 9.17) is 0 Å². The molecule has 2 nitrogen and oxygen atoms in total. The zero-order chi connectivity index (χ0) is 10.7.